The second-order valence-electron chi connectivity index (χ2n) is 7.65. The Kier molecular flexibility index (Phi) is 13.8. The predicted molar refractivity (Wildman–Crippen MR) is 133 cm³/mol. The molecular weight excluding hydrogens is 579 g/mol. The zero-order valence-electron chi connectivity index (χ0n) is 18.9. The summed E-state index contributed by atoms with van der Waals surface area (Å²) in [6.07, 6.45) is 0. The van der Waals surface area contributed by atoms with Crippen molar-refractivity contribution in [1.29, 1.82) is 0 Å². The highest BCUT2D eigenvalue weighted by molar-refractivity contribution is 14.1. The topological polar surface area (TPSA) is 188 Å². The number of halogens is 1. The average molecular weight is 608 g/mol. The molecule has 0 heterocycles. The Morgan fingerprint density at radius 2 is 1.06 bits per heavy atom. The van der Waals surface area contributed by atoms with Gasteiger partial charge in [0, 0.05) is 38.4 Å². The number of carbonyl (C=O) groups is 5. The van der Waals surface area contributed by atoms with Crippen molar-refractivity contribution in [3.63, 3.8) is 0 Å². The van der Waals surface area contributed by atoms with Crippen LogP contribution in [-0.4, -0.2) is 122 Å². The van der Waals surface area contributed by atoms with Gasteiger partial charge in [0.1, 0.15) is 0 Å². The van der Waals surface area contributed by atoms with Crippen LogP contribution in [0, 0.1) is 0 Å². The Hall–Kier alpha value is -2.82. The van der Waals surface area contributed by atoms with E-state index >= 15 is 0 Å². The molecule has 0 saturated carbocycles. The third kappa shape index (κ3) is 14.2. The van der Waals surface area contributed by atoms with Crippen LogP contribution >= 0.6 is 22.6 Å². The Bertz CT molecular complexity index is 866. The van der Waals surface area contributed by atoms with E-state index in [1.165, 1.54) is 9.80 Å². The molecule has 0 unspecified atom stereocenters. The van der Waals surface area contributed by atoms with Crippen LogP contribution in [-0.2, 0) is 30.5 Å². The molecule has 0 saturated heterocycles. The number of carboxylic acids is 4. The minimum atomic E-state index is -1.21. The molecule has 0 fully saturated rings. The lowest BCUT2D eigenvalue weighted by molar-refractivity contribution is -0.143. The highest BCUT2D eigenvalue weighted by Crippen LogP contribution is 2.12. The van der Waals surface area contributed by atoms with Crippen molar-refractivity contribution in [2.75, 3.05) is 62.1 Å². The standard InChI is InChI=1S/C21H29IN4O9/c22-9-17(27)23-16-3-1-15(2-4-16)10-25(12-19(30)31)7-5-24(11-18(28)29)6-8-26(13-20(32)33)14-21(34)35/h1-4H,5-14H2,(H,23,27)(H,28,29)(H,30,31)(H,32,33)(H,34,35). The van der Waals surface area contributed by atoms with E-state index in [0.29, 0.717) is 10.1 Å². The quantitative estimate of drug-likeness (QED) is 0.109. The highest BCUT2D eigenvalue weighted by atomic mass is 127. The summed E-state index contributed by atoms with van der Waals surface area (Å²) in [5, 5.41) is 39.1. The molecule has 0 radical (unpaired) electrons. The molecule has 0 spiro atoms. The zero-order valence-corrected chi connectivity index (χ0v) is 21.1. The van der Waals surface area contributed by atoms with Crippen molar-refractivity contribution in [1.82, 2.24) is 14.7 Å². The zero-order chi connectivity index (χ0) is 26.4. The molecule has 1 aromatic rings. The number of nitrogens with zero attached hydrogens (tertiary/aromatic N) is 3. The maximum Gasteiger partial charge on any atom is 0.317 e. The lowest BCUT2D eigenvalue weighted by Crippen LogP contribution is -2.44. The second kappa shape index (κ2) is 16.0. The average Bonchev–Trinajstić information content (AvgIpc) is 2.75. The van der Waals surface area contributed by atoms with Gasteiger partial charge in [-0.3, -0.25) is 38.7 Å². The third-order valence-corrected chi connectivity index (χ3v) is 5.36. The van der Waals surface area contributed by atoms with Gasteiger partial charge in [-0.2, -0.15) is 0 Å². The van der Waals surface area contributed by atoms with Crippen LogP contribution in [0.5, 0.6) is 0 Å². The van der Waals surface area contributed by atoms with Gasteiger partial charge in [0.15, 0.2) is 0 Å². The van der Waals surface area contributed by atoms with Crippen LogP contribution in [0.4, 0.5) is 5.69 Å². The van der Waals surface area contributed by atoms with Crippen molar-refractivity contribution in [3.8, 4) is 0 Å². The summed E-state index contributed by atoms with van der Waals surface area (Å²) in [5.41, 5.74) is 1.40. The van der Waals surface area contributed by atoms with Crippen LogP contribution in [0.25, 0.3) is 0 Å². The van der Waals surface area contributed by atoms with Gasteiger partial charge in [-0.15, -0.1) is 0 Å². The van der Waals surface area contributed by atoms with Gasteiger partial charge in [0.2, 0.25) is 5.91 Å². The van der Waals surface area contributed by atoms with Gasteiger partial charge in [-0.05, 0) is 17.7 Å². The first-order valence-corrected chi connectivity index (χ1v) is 12.0. The minimum Gasteiger partial charge on any atom is -0.480 e. The van der Waals surface area contributed by atoms with Crippen LogP contribution in [0.3, 0.4) is 0 Å². The van der Waals surface area contributed by atoms with Gasteiger partial charge in [0.25, 0.3) is 0 Å². The second-order valence-corrected chi connectivity index (χ2v) is 8.41. The minimum absolute atomic E-state index is 0.00914. The van der Waals surface area contributed by atoms with Gasteiger partial charge in [0.05, 0.1) is 30.6 Å². The van der Waals surface area contributed by atoms with E-state index in [-0.39, 0.29) is 51.7 Å². The maximum atomic E-state index is 11.5. The highest BCUT2D eigenvalue weighted by Gasteiger charge is 2.18. The van der Waals surface area contributed by atoms with Crippen LogP contribution in [0.2, 0.25) is 0 Å². The van der Waals surface area contributed by atoms with Gasteiger partial charge < -0.3 is 25.7 Å². The molecule has 35 heavy (non-hydrogen) atoms. The maximum absolute atomic E-state index is 11.5. The summed E-state index contributed by atoms with van der Waals surface area (Å²) < 4.78 is 0.309. The molecule has 14 heteroatoms. The smallest absolute Gasteiger partial charge is 0.317 e. The van der Waals surface area contributed by atoms with Gasteiger partial charge in [-0.25, -0.2) is 0 Å². The van der Waals surface area contributed by atoms with Crippen molar-refractivity contribution >= 4 is 58.1 Å². The number of aliphatic carboxylic acids is 4. The monoisotopic (exact) mass is 608 g/mol. The number of benzene rings is 1. The number of hydrogen-bond donors (Lipinski definition) is 5. The molecule has 0 aromatic heterocycles. The molecule has 194 valence electrons. The predicted octanol–water partition coefficient (Wildman–Crippen LogP) is -0.195. The fourth-order valence-corrected chi connectivity index (χ4v) is 3.37. The van der Waals surface area contributed by atoms with Crippen molar-refractivity contribution in [2.45, 2.75) is 6.54 Å². The summed E-state index contributed by atoms with van der Waals surface area (Å²) in [6.45, 7) is -0.966. The third-order valence-electron chi connectivity index (χ3n) is 4.67. The number of alkyl halides is 1. The van der Waals surface area contributed by atoms with E-state index in [4.69, 9.17) is 10.2 Å². The molecule has 0 aliphatic rings. The molecule has 0 aliphatic carbocycles. The summed E-state index contributed by atoms with van der Waals surface area (Å²) >= 11 is 1.94. The summed E-state index contributed by atoms with van der Waals surface area (Å²) in [7, 11) is 0. The number of carbonyl (C=O) groups excluding carboxylic acids is 1. The normalized spacial score (nSPS) is 11.1. The first kappa shape index (κ1) is 30.2. The Balaban J connectivity index is 2.80. The lowest BCUT2D eigenvalue weighted by atomic mass is 10.2. The Labute approximate surface area is 215 Å². The van der Waals surface area contributed by atoms with Crippen molar-refractivity contribution in [3.05, 3.63) is 29.8 Å². The number of amides is 1. The van der Waals surface area contributed by atoms with Crippen LogP contribution < -0.4 is 5.32 Å². The molecule has 13 nitrogen and oxygen atoms in total. The molecule has 1 rings (SSSR count). The molecule has 0 bridgehead atoms. The van der Waals surface area contributed by atoms with Crippen molar-refractivity contribution < 1.29 is 44.4 Å². The van der Waals surface area contributed by atoms with Gasteiger partial charge >= 0.3 is 23.9 Å². The molecule has 0 aliphatic heterocycles. The molecule has 5 N–H and O–H groups in total. The summed E-state index contributed by atoms with van der Waals surface area (Å²) in [5.74, 6) is -4.74. The van der Waals surface area contributed by atoms with Gasteiger partial charge in [-0.1, -0.05) is 34.7 Å². The van der Waals surface area contributed by atoms with E-state index in [0.717, 1.165) is 5.56 Å². The Morgan fingerprint density at radius 3 is 1.51 bits per heavy atom. The van der Waals surface area contributed by atoms with Crippen molar-refractivity contribution in [2.24, 2.45) is 0 Å². The van der Waals surface area contributed by atoms with E-state index in [1.807, 2.05) is 22.6 Å². The summed E-state index contributed by atoms with van der Waals surface area (Å²) in [6, 6.07) is 6.91. The molecule has 1 aromatic carbocycles. The molecule has 1 amide bonds. The summed E-state index contributed by atoms with van der Waals surface area (Å²) in [4.78, 5) is 60.3. The fourth-order valence-electron chi connectivity index (χ4n) is 3.17. The van der Waals surface area contributed by atoms with E-state index < -0.39 is 37.0 Å². The number of anilines is 1. The SMILES string of the molecule is O=C(O)CN(CCN(CC(=O)O)CC(=O)O)CCN(CC(=O)O)Cc1ccc(NC(=O)CI)cc1. The first-order valence-electron chi connectivity index (χ1n) is 10.5. The first-order chi connectivity index (χ1) is 16.5. The molecular formula is C21H29IN4O9. The number of hydrogen-bond acceptors (Lipinski definition) is 8. The largest absolute Gasteiger partial charge is 0.480 e. The van der Waals surface area contributed by atoms with E-state index in [2.05, 4.69) is 5.32 Å². The van der Waals surface area contributed by atoms with Crippen LogP contribution in [0.1, 0.15) is 5.56 Å². The Morgan fingerprint density at radius 1 is 0.657 bits per heavy atom. The number of rotatable bonds is 18. The van der Waals surface area contributed by atoms with E-state index in [1.54, 1.807) is 29.2 Å². The molecule has 0 atom stereocenters. The number of nitrogens with one attached hydrogen (secondary N) is 1. The fraction of sp³-hybridized carbons (Fsp3) is 0.476. The lowest BCUT2D eigenvalue weighted by Gasteiger charge is -2.28. The van der Waals surface area contributed by atoms with Crippen LogP contribution in [0.15, 0.2) is 24.3 Å². The number of carboxylic acid groups (broad SMARTS) is 4. The van der Waals surface area contributed by atoms with E-state index in [9.17, 15) is 34.2 Å².